The first-order valence-electron chi connectivity index (χ1n) is 14.2. The summed E-state index contributed by atoms with van der Waals surface area (Å²) in [6, 6.07) is 23.5. The van der Waals surface area contributed by atoms with Gasteiger partial charge in [0.25, 0.3) is 0 Å². The van der Waals surface area contributed by atoms with E-state index in [1.807, 2.05) is 93.6 Å². The normalized spacial score (nSPS) is 13.5. The molecule has 226 valence electrons. The molecule has 8 nitrogen and oxygen atoms in total. The van der Waals surface area contributed by atoms with E-state index in [2.05, 4.69) is 25.6 Å². The topological polar surface area (TPSA) is 79.8 Å². The van der Waals surface area contributed by atoms with Gasteiger partial charge in [-0.3, -0.25) is 0 Å². The van der Waals surface area contributed by atoms with Crippen LogP contribution in [-0.2, 0) is 13.6 Å². The van der Waals surface area contributed by atoms with E-state index in [9.17, 15) is 0 Å². The zero-order chi connectivity index (χ0) is 29.5. The number of para-hydroxylation sites is 3. The molecule has 2 unspecified atom stereocenters. The van der Waals surface area contributed by atoms with Gasteiger partial charge in [0.05, 0.1) is 0 Å². The molecular formula is C30H45N2O6P3. The Labute approximate surface area is 248 Å². The van der Waals surface area contributed by atoms with E-state index in [1.54, 1.807) is 0 Å². The van der Waals surface area contributed by atoms with Gasteiger partial charge in [-0.2, -0.15) is 0 Å². The van der Waals surface area contributed by atoms with Crippen molar-refractivity contribution in [3.05, 3.63) is 89.5 Å². The Morgan fingerprint density at radius 2 is 1.24 bits per heavy atom. The molecule has 0 spiro atoms. The molecule has 0 fully saturated rings. The van der Waals surface area contributed by atoms with E-state index in [4.69, 9.17) is 31.7 Å². The summed E-state index contributed by atoms with van der Waals surface area (Å²) >= 11 is 0. The molecule has 11 heteroatoms. The second kappa shape index (κ2) is 17.8. The standard InChI is InChI=1S/C30H45N2O6P3/c1-7-22-33-39(36-28-19-13-10-16-25(28)4)31-41(35-24-9-3,38-30-21-15-12-18-27(30)6)32-40(34-23-8-2)37-29-20-14-11-17-26(29)5/h10-21,31,40-41H,7-9,22-24H2,1-6H3. The molecule has 3 aromatic rings. The third-order valence-corrected chi connectivity index (χ3v) is 12.2. The van der Waals surface area contributed by atoms with Crippen LogP contribution in [-0.4, -0.2) is 19.8 Å². The average molecular weight is 623 g/mol. The first-order chi connectivity index (χ1) is 19.9. The van der Waals surface area contributed by atoms with E-state index in [0.717, 1.165) is 47.5 Å². The summed E-state index contributed by atoms with van der Waals surface area (Å²) in [5.74, 6) is 2.11. The minimum absolute atomic E-state index is 0.420. The fraction of sp³-hybridized carbons (Fsp3) is 0.400. The average Bonchev–Trinajstić information content (AvgIpc) is 2.97. The molecule has 0 amide bonds. The number of benzene rings is 3. The Morgan fingerprint density at radius 1 is 0.707 bits per heavy atom. The summed E-state index contributed by atoms with van der Waals surface area (Å²) in [5, 5.41) is 0. The van der Waals surface area contributed by atoms with Crippen LogP contribution in [0, 0.1) is 20.8 Å². The molecule has 41 heavy (non-hydrogen) atoms. The van der Waals surface area contributed by atoms with Crippen molar-refractivity contribution in [2.75, 3.05) is 19.8 Å². The molecule has 0 saturated carbocycles. The van der Waals surface area contributed by atoms with Gasteiger partial charge in [0.15, 0.2) is 0 Å². The van der Waals surface area contributed by atoms with Crippen molar-refractivity contribution in [2.24, 2.45) is 4.52 Å². The van der Waals surface area contributed by atoms with Crippen molar-refractivity contribution >= 4 is 24.7 Å². The van der Waals surface area contributed by atoms with Crippen LogP contribution in [0.3, 0.4) is 0 Å². The Bertz CT molecular complexity index is 1250. The number of hydrogen-bond donors (Lipinski definition) is 1. The summed E-state index contributed by atoms with van der Waals surface area (Å²) < 4.78 is 43.8. The van der Waals surface area contributed by atoms with Crippen LogP contribution < -0.4 is 18.4 Å². The van der Waals surface area contributed by atoms with Gasteiger partial charge in [-0.15, -0.1) is 0 Å². The summed E-state index contributed by atoms with van der Waals surface area (Å²) in [5.41, 5.74) is 2.96. The van der Waals surface area contributed by atoms with E-state index >= 15 is 0 Å². The molecular weight excluding hydrogens is 577 g/mol. The fourth-order valence-electron chi connectivity index (χ4n) is 3.50. The van der Waals surface area contributed by atoms with Crippen LogP contribution in [0.5, 0.6) is 17.2 Å². The molecule has 0 aliphatic carbocycles. The number of rotatable bonds is 18. The van der Waals surface area contributed by atoms with Crippen molar-refractivity contribution in [2.45, 2.75) is 60.8 Å². The van der Waals surface area contributed by atoms with Crippen molar-refractivity contribution in [1.82, 2.24) is 4.86 Å². The third kappa shape index (κ3) is 11.0. The zero-order valence-electron chi connectivity index (χ0n) is 25.0. The second-order valence-corrected chi connectivity index (χ2v) is 14.9. The number of hydrogen-bond acceptors (Lipinski definition) is 8. The van der Waals surface area contributed by atoms with Gasteiger partial charge in [0, 0.05) is 0 Å². The molecule has 0 aliphatic heterocycles. The number of nitrogens with one attached hydrogen (secondary N) is 1. The van der Waals surface area contributed by atoms with Gasteiger partial charge in [-0.25, -0.2) is 0 Å². The van der Waals surface area contributed by atoms with Crippen LogP contribution in [0.2, 0.25) is 0 Å². The van der Waals surface area contributed by atoms with E-state index < -0.39 is 24.7 Å². The van der Waals surface area contributed by atoms with Crippen molar-refractivity contribution in [1.29, 1.82) is 0 Å². The summed E-state index contributed by atoms with van der Waals surface area (Å²) in [6.45, 7) is 13.6. The van der Waals surface area contributed by atoms with E-state index in [-0.39, 0.29) is 0 Å². The second-order valence-electron chi connectivity index (χ2n) is 9.45. The zero-order valence-corrected chi connectivity index (χ0v) is 27.9. The number of nitrogens with zero attached hydrogens (tertiary/aromatic N) is 1. The van der Waals surface area contributed by atoms with Gasteiger partial charge < -0.3 is 0 Å². The first kappa shape index (κ1) is 33.5. The van der Waals surface area contributed by atoms with E-state index in [1.165, 1.54) is 0 Å². The molecule has 0 aromatic heterocycles. The molecule has 3 aromatic carbocycles. The minimum atomic E-state index is -3.71. The van der Waals surface area contributed by atoms with Gasteiger partial charge >= 0.3 is 249 Å². The maximum absolute atomic E-state index is 6.75. The fourth-order valence-corrected chi connectivity index (χ4v) is 10.5. The van der Waals surface area contributed by atoms with Gasteiger partial charge in [-0.1, -0.05) is 0 Å². The maximum atomic E-state index is 6.75. The van der Waals surface area contributed by atoms with Crippen molar-refractivity contribution < 1.29 is 27.1 Å². The van der Waals surface area contributed by atoms with Crippen LogP contribution in [0.15, 0.2) is 77.3 Å². The van der Waals surface area contributed by atoms with Crippen LogP contribution in [0.25, 0.3) is 0 Å². The summed E-state index contributed by atoms with van der Waals surface area (Å²) in [6.07, 6.45) is 2.41. The molecule has 0 saturated heterocycles. The SMILES string of the molecule is CCCOP(N[PH](N=[PH](OCCC)Oc1ccccc1C)(OCCC)Oc1ccccc1C)Oc1ccccc1C. The molecule has 2 atom stereocenters. The van der Waals surface area contributed by atoms with Crippen LogP contribution in [0.4, 0.5) is 0 Å². The Kier molecular flexibility index (Phi) is 14.6. The molecule has 0 bridgehead atoms. The Morgan fingerprint density at radius 3 is 1.80 bits per heavy atom. The van der Waals surface area contributed by atoms with Crippen LogP contribution in [0.1, 0.15) is 56.7 Å². The molecule has 3 rings (SSSR count). The molecule has 0 aliphatic rings. The number of aryl methyl sites for hydroxylation is 3. The van der Waals surface area contributed by atoms with Gasteiger partial charge in [0.1, 0.15) is 0 Å². The molecule has 1 N–H and O–H groups in total. The Hall–Kier alpha value is -2.01. The summed E-state index contributed by atoms with van der Waals surface area (Å²) in [4.78, 5) is 3.51. The quantitative estimate of drug-likeness (QED) is 0.141. The predicted molar refractivity (Wildman–Crippen MR) is 173 cm³/mol. The van der Waals surface area contributed by atoms with Gasteiger partial charge in [0.2, 0.25) is 0 Å². The van der Waals surface area contributed by atoms with Gasteiger partial charge in [-0.05, 0) is 0 Å². The van der Waals surface area contributed by atoms with Crippen molar-refractivity contribution in [3.63, 3.8) is 0 Å². The van der Waals surface area contributed by atoms with Crippen molar-refractivity contribution in [3.8, 4) is 17.2 Å². The Balaban J connectivity index is 2.12. The first-order valence-corrected chi connectivity index (χ1v) is 18.4. The monoisotopic (exact) mass is 622 g/mol. The third-order valence-electron chi connectivity index (χ3n) is 5.72. The van der Waals surface area contributed by atoms with Crippen LogP contribution >= 0.6 is 24.7 Å². The molecule has 0 radical (unpaired) electrons. The van der Waals surface area contributed by atoms with E-state index in [0.29, 0.717) is 25.6 Å². The predicted octanol–water partition coefficient (Wildman–Crippen LogP) is 9.88. The summed E-state index contributed by atoms with van der Waals surface area (Å²) in [7, 11) is -7.68. The molecule has 0 heterocycles.